The molecule has 33 heavy (non-hydrogen) atoms. The van der Waals surface area contributed by atoms with Crippen molar-refractivity contribution in [3.63, 3.8) is 0 Å². The molecular weight excluding hydrogens is 422 g/mol. The first-order valence-corrected chi connectivity index (χ1v) is 10.3. The van der Waals surface area contributed by atoms with Crippen LogP contribution in [-0.4, -0.2) is 40.3 Å². The van der Waals surface area contributed by atoms with Gasteiger partial charge in [0.15, 0.2) is 0 Å². The number of benzene rings is 2. The molecule has 0 aliphatic rings. The van der Waals surface area contributed by atoms with Crippen molar-refractivity contribution in [1.82, 2.24) is 15.0 Å². The summed E-state index contributed by atoms with van der Waals surface area (Å²) in [6, 6.07) is 11.1. The molecule has 0 aliphatic carbocycles. The van der Waals surface area contributed by atoms with E-state index in [9.17, 15) is 4.79 Å². The van der Waals surface area contributed by atoms with E-state index >= 15 is 0 Å². The molecule has 3 aromatic rings. The fourth-order valence-corrected chi connectivity index (χ4v) is 3.23. The van der Waals surface area contributed by atoms with Gasteiger partial charge in [-0.1, -0.05) is 29.0 Å². The van der Waals surface area contributed by atoms with Crippen molar-refractivity contribution in [2.75, 3.05) is 14.2 Å². The fourth-order valence-electron chi connectivity index (χ4n) is 3.23. The lowest BCUT2D eigenvalue weighted by molar-refractivity contribution is -0.131. The number of hydrogen-bond acceptors (Lipinski definition) is 6. The first-order valence-electron chi connectivity index (χ1n) is 10.3. The summed E-state index contributed by atoms with van der Waals surface area (Å²) in [5.74, 6) is 0.832. The highest BCUT2D eigenvalue weighted by Gasteiger charge is 2.16. The Morgan fingerprint density at radius 3 is 2.55 bits per heavy atom. The molecule has 1 heterocycles. The van der Waals surface area contributed by atoms with Crippen LogP contribution in [0.4, 0.5) is 0 Å². The van der Waals surface area contributed by atoms with Gasteiger partial charge in [-0.25, -0.2) is 9.48 Å². The van der Waals surface area contributed by atoms with Gasteiger partial charge >= 0.3 is 5.97 Å². The number of methoxy groups -OCH3 is 2. The molecule has 2 aromatic carbocycles. The zero-order chi connectivity index (χ0) is 23.8. The van der Waals surface area contributed by atoms with Gasteiger partial charge in [0.25, 0.3) is 0 Å². The summed E-state index contributed by atoms with van der Waals surface area (Å²) in [6.45, 7) is 4.16. The molecule has 0 atom stereocenters. The molecule has 1 aromatic heterocycles. The van der Waals surface area contributed by atoms with Crippen LogP contribution in [0, 0.1) is 0 Å². The molecular formula is C25H27N3O5. The summed E-state index contributed by atoms with van der Waals surface area (Å²) in [7, 11) is 3.19. The number of carboxylic acid groups (broad SMARTS) is 1. The van der Waals surface area contributed by atoms with E-state index in [0.717, 1.165) is 22.9 Å². The van der Waals surface area contributed by atoms with E-state index in [0.29, 0.717) is 34.9 Å². The van der Waals surface area contributed by atoms with Crippen molar-refractivity contribution in [3.8, 4) is 22.9 Å². The Kier molecular flexibility index (Phi) is 7.86. The van der Waals surface area contributed by atoms with E-state index in [1.165, 1.54) is 6.08 Å². The third-order valence-corrected chi connectivity index (χ3v) is 4.83. The van der Waals surface area contributed by atoms with Gasteiger partial charge in [-0.3, -0.25) is 0 Å². The average molecular weight is 450 g/mol. The number of para-hydroxylation sites is 2. The minimum absolute atomic E-state index is 0.137. The molecule has 0 saturated heterocycles. The Labute approximate surface area is 192 Å². The zero-order valence-corrected chi connectivity index (χ0v) is 19.1. The molecule has 0 unspecified atom stereocenters. The van der Waals surface area contributed by atoms with Gasteiger partial charge in [-0.05, 0) is 50.6 Å². The molecule has 3 rings (SSSR count). The number of aromatic nitrogens is 3. The lowest BCUT2D eigenvalue weighted by atomic mass is 10.0. The smallest absolute Gasteiger partial charge is 0.328 e. The van der Waals surface area contributed by atoms with Gasteiger partial charge in [0.05, 0.1) is 20.4 Å². The fraction of sp³-hybridized carbons (Fsp3) is 0.240. The maximum Gasteiger partial charge on any atom is 0.328 e. The molecule has 8 nitrogen and oxygen atoms in total. The van der Waals surface area contributed by atoms with Crippen molar-refractivity contribution in [1.29, 1.82) is 0 Å². The molecule has 172 valence electrons. The number of carboxylic acids is 1. The Morgan fingerprint density at radius 2 is 1.85 bits per heavy atom. The van der Waals surface area contributed by atoms with Gasteiger partial charge in [-0.2, -0.15) is 0 Å². The van der Waals surface area contributed by atoms with Gasteiger partial charge in [0, 0.05) is 17.2 Å². The molecule has 0 spiro atoms. The molecule has 0 amide bonds. The summed E-state index contributed by atoms with van der Waals surface area (Å²) < 4.78 is 18.7. The summed E-state index contributed by atoms with van der Waals surface area (Å²) in [5.41, 5.74) is 3.96. The van der Waals surface area contributed by atoms with Gasteiger partial charge in [0.2, 0.25) is 0 Å². The van der Waals surface area contributed by atoms with Crippen LogP contribution in [0.5, 0.6) is 17.2 Å². The van der Waals surface area contributed by atoms with E-state index in [1.807, 2.05) is 38.1 Å². The maximum absolute atomic E-state index is 11.1. The minimum Gasteiger partial charge on any atom is -0.496 e. The second-order valence-corrected chi connectivity index (χ2v) is 7.44. The van der Waals surface area contributed by atoms with Crippen LogP contribution in [0.25, 0.3) is 11.8 Å². The van der Waals surface area contributed by atoms with Crippen molar-refractivity contribution >= 4 is 12.0 Å². The third-order valence-electron chi connectivity index (χ3n) is 4.83. The van der Waals surface area contributed by atoms with Crippen molar-refractivity contribution in [2.45, 2.75) is 26.9 Å². The summed E-state index contributed by atoms with van der Waals surface area (Å²) in [4.78, 5) is 11.1. The van der Waals surface area contributed by atoms with Crippen LogP contribution in [-0.2, 0) is 17.8 Å². The van der Waals surface area contributed by atoms with Gasteiger partial charge < -0.3 is 19.3 Å². The monoisotopic (exact) mass is 449 g/mol. The zero-order valence-electron chi connectivity index (χ0n) is 19.1. The van der Waals surface area contributed by atoms with Crippen molar-refractivity contribution < 1.29 is 24.1 Å². The highest BCUT2D eigenvalue weighted by molar-refractivity contribution is 5.86. The molecule has 1 N–H and O–H groups in total. The first-order chi connectivity index (χ1) is 15.9. The SMILES string of the molecule is COc1ccccc1-n1cc(COc2c(/C=C\C(=O)O)ccc(OC)c2CC=C(C)C)nn1. The van der Waals surface area contributed by atoms with Crippen molar-refractivity contribution in [3.05, 3.63) is 77.1 Å². The molecule has 0 bridgehead atoms. The van der Waals surface area contributed by atoms with E-state index in [-0.39, 0.29) is 6.61 Å². The Hall–Kier alpha value is -4.07. The lowest BCUT2D eigenvalue weighted by Crippen LogP contribution is -2.03. The van der Waals surface area contributed by atoms with Gasteiger partial charge in [0.1, 0.15) is 35.2 Å². The number of rotatable bonds is 10. The number of aliphatic carboxylic acids is 1. The predicted octanol–water partition coefficient (Wildman–Crippen LogP) is 4.47. The van der Waals surface area contributed by atoms with E-state index < -0.39 is 5.97 Å². The van der Waals surface area contributed by atoms with Crippen LogP contribution in [0.1, 0.15) is 30.7 Å². The van der Waals surface area contributed by atoms with E-state index in [2.05, 4.69) is 16.4 Å². The third kappa shape index (κ3) is 6.00. The number of ether oxygens (including phenoxy) is 3. The Balaban J connectivity index is 1.94. The van der Waals surface area contributed by atoms with Crippen LogP contribution in [0.3, 0.4) is 0 Å². The van der Waals surface area contributed by atoms with Crippen LogP contribution in [0.2, 0.25) is 0 Å². The average Bonchev–Trinajstić information content (AvgIpc) is 3.28. The number of carbonyl (C=O) groups is 1. The quantitative estimate of drug-likeness (QED) is 0.360. The maximum atomic E-state index is 11.1. The van der Waals surface area contributed by atoms with Gasteiger partial charge in [-0.15, -0.1) is 5.10 Å². The first kappa shape index (κ1) is 23.6. The van der Waals surface area contributed by atoms with Crippen molar-refractivity contribution in [2.24, 2.45) is 0 Å². The molecule has 0 fully saturated rings. The predicted molar refractivity (Wildman–Crippen MR) is 125 cm³/mol. The molecule has 0 saturated carbocycles. The number of allylic oxidation sites excluding steroid dienone is 2. The van der Waals surface area contributed by atoms with Crippen LogP contribution >= 0.6 is 0 Å². The second kappa shape index (κ2) is 11.0. The standard InChI is InChI=1S/C25H27N3O5/c1-17(2)9-12-20-22(31-3)13-10-18(11-14-24(29)30)25(20)33-16-19-15-28(27-26-19)21-7-5-6-8-23(21)32-4/h5-11,13-15H,12,16H2,1-4H3,(H,29,30)/b14-11-. The number of nitrogens with zero attached hydrogens (tertiary/aromatic N) is 3. The van der Waals surface area contributed by atoms with E-state index in [1.54, 1.807) is 37.2 Å². The normalized spacial score (nSPS) is 10.8. The number of hydrogen-bond donors (Lipinski definition) is 1. The molecule has 8 heteroatoms. The van der Waals surface area contributed by atoms with E-state index in [4.69, 9.17) is 19.3 Å². The second-order valence-electron chi connectivity index (χ2n) is 7.44. The van der Waals surface area contributed by atoms with Crippen LogP contribution < -0.4 is 14.2 Å². The minimum atomic E-state index is -1.04. The summed E-state index contributed by atoms with van der Waals surface area (Å²) in [5, 5.41) is 17.5. The topological polar surface area (TPSA) is 95.7 Å². The Bertz CT molecular complexity index is 1180. The summed E-state index contributed by atoms with van der Waals surface area (Å²) in [6.07, 6.45) is 6.99. The highest BCUT2D eigenvalue weighted by Crippen LogP contribution is 2.35. The van der Waals surface area contributed by atoms with Crippen LogP contribution in [0.15, 0.2) is 60.3 Å². The Morgan fingerprint density at radius 1 is 1.09 bits per heavy atom. The lowest BCUT2D eigenvalue weighted by Gasteiger charge is -2.16. The highest BCUT2D eigenvalue weighted by atomic mass is 16.5. The summed E-state index contributed by atoms with van der Waals surface area (Å²) >= 11 is 0. The molecule has 0 radical (unpaired) electrons. The molecule has 0 aliphatic heterocycles. The largest absolute Gasteiger partial charge is 0.496 e.